The van der Waals surface area contributed by atoms with E-state index in [9.17, 15) is 9.59 Å². The lowest BCUT2D eigenvalue weighted by Crippen LogP contribution is -2.30. The standard InChI is InChI=1S/C13H18N2O3/c1-3-18-13(17)6-9-15(11(2)16)10-12-4-7-14-8-5-12/h4-5,7-8H,3,6,9-10H2,1-2H3. The molecule has 1 heterocycles. The number of carbonyl (C=O) groups is 2. The molecular formula is C13H18N2O3. The summed E-state index contributed by atoms with van der Waals surface area (Å²) in [6.45, 7) is 4.47. The fourth-order valence-corrected chi connectivity index (χ4v) is 1.52. The molecule has 18 heavy (non-hydrogen) atoms. The Labute approximate surface area is 107 Å². The molecule has 5 nitrogen and oxygen atoms in total. The number of hydrogen-bond acceptors (Lipinski definition) is 4. The van der Waals surface area contributed by atoms with E-state index in [0.717, 1.165) is 5.56 Å². The molecule has 98 valence electrons. The molecule has 1 rings (SSSR count). The molecule has 1 amide bonds. The van der Waals surface area contributed by atoms with Gasteiger partial charge in [-0.25, -0.2) is 0 Å². The summed E-state index contributed by atoms with van der Waals surface area (Å²) in [5, 5.41) is 0. The maximum absolute atomic E-state index is 11.5. The van der Waals surface area contributed by atoms with Crippen molar-refractivity contribution >= 4 is 11.9 Å². The first-order valence-corrected chi connectivity index (χ1v) is 5.93. The molecule has 0 N–H and O–H groups in total. The lowest BCUT2D eigenvalue weighted by atomic mass is 10.2. The fourth-order valence-electron chi connectivity index (χ4n) is 1.52. The first-order valence-electron chi connectivity index (χ1n) is 5.93. The number of esters is 1. The highest BCUT2D eigenvalue weighted by Gasteiger charge is 2.12. The van der Waals surface area contributed by atoms with E-state index in [2.05, 4.69) is 4.98 Å². The van der Waals surface area contributed by atoms with Gasteiger partial charge in [0.2, 0.25) is 5.91 Å². The van der Waals surface area contributed by atoms with Crippen molar-refractivity contribution in [1.82, 2.24) is 9.88 Å². The fraction of sp³-hybridized carbons (Fsp3) is 0.462. The predicted molar refractivity (Wildman–Crippen MR) is 66.6 cm³/mol. The van der Waals surface area contributed by atoms with Gasteiger partial charge in [-0.15, -0.1) is 0 Å². The number of pyridine rings is 1. The minimum absolute atomic E-state index is 0.0592. The number of aromatic nitrogens is 1. The summed E-state index contributed by atoms with van der Waals surface area (Å²) in [6, 6.07) is 3.70. The van der Waals surface area contributed by atoms with Gasteiger partial charge < -0.3 is 9.64 Å². The number of ether oxygens (including phenoxy) is 1. The van der Waals surface area contributed by atoms with Crippen LogP contribution in [0.1, 0.15) is 25.8 Å². The molecule has 5 heteroatoms. The van der Waals surface area contributed by atoms with E-state index in [1.54, 1.807) is 24.2 Å². The largest absolute Gasteiger partial charge is 0.466 e. The number of hydrogen-bond donors (Lipinski definition) is 0. The number of rotatable bonds is 6. The van der Waals surface area contributed by atoms with Gasteiger partial charge in [0.05, 0.1) is 13.0 Å². The van der Waals surface area contributed by atoms with Gasteiger partial charge in [0.15, 0.2) is 0 Å². The van der Waals surface area contributed by atoms with E-state index in [4.69, 9.17) is 4.74 Å². The summed E-state index contributed by atoms with van der Waals surface area (Å²) in [5.41, 5.74) is 0.990. The quantitative estimate of drug-likeness (QED) is 0.716. The molecule has 0 aliphatic heterocycles. The van der Waals surface area contributed by atoms with E-state index in [1.165, 1.54) is 6.92 Å². The third kappa shape index (κ3) is 4.95. The predicted octanol–water partition coefficient (Wildman–Crippen LogP) is 1.38. The zero-order valence-electron chi connectivity index (χ0n) is 10.8. The molecule has 0 aliphatic carbocycles. The molecule has 0 saturated carbocycles. The van der Waals surface area contributed by atoms with E-state index in [0.29, 0.717) is 19.7 Å². The monoisotopic (exact) mass is 250 g/mol. The van der Waals surface area contributed by atoms with Crippen molar-refractivity contribution in [3.63, 3.8) is 0 Å². The molecule has 0 saturated heterocycles. The van der Waals surface area contributed by atoms with Gasteiger partial charge in [0.1, 0.15) is 0 Å². The van der Waals surface area contributed by atoms with Gasteiger partial charge in [0.25, 0.3) is 0 Å². The van der Waals surface area contributed by atoms with Crippen molar-refractivity contribution in [3.8, 4) is 0 Å². The van der Waals surface area contributed by atoms with Gasteiger partial charge in [-0.3, -0.25) is 14.6 Å². The molecule has 0 aromatic carbocycles. The van der Waals surface area contributed by atoms with Crippen molar-refractivity contribution in [1.29, 1.82) is 0 Å². The Balaban J connectivity index is 2.51. The molecule has 1 aromatic rings. The van der Waals surface area contributed by atoms with E-state index in [-0.39, 0.29) is 18.3 Å². The van der Waals surface area contributed by atoms with Crippen LogP contribution in [0.3, 0.4) is 0 Å². The molecule has 0 unspecified atom stereocenters. The second-order valence-corrected chi connectivity index (χ2v) is 3.85. The van der Waals surface area contributed by atoms with Crippen LogP contribution in [0.2, 0.25) is 0 Å². The normalized spacial score (nSPS) is 9.89. The van der Waals surface area contributed by atoms with Gasteiger partial charge in [-0.1, -0.05) is 0 Å². The van der Waals surface area contributed by atoms with Crippen molar-refractivity contribution in [2.75, 3.05) is 13.2 Å². The van der Waals surface area contributed by atoms with Crippen LogP contribution < -0.4 is 0 Å². The number of nitrogens with zero attached hydrogens (tertiary/aromatic N) is 2. The molecule has 0 aliphatic rings. The van der Waals surface area contributed by atoms with Crippen LogP contribution in [-0.2, 0) is 20.9 Å². The molecule has 0 radical (unpaired) electrons. The highest BCUT2D eigenvalue weighted by Crippen LogP contribution is 2.05. The first-order chi connectivity index (χ1) is 8.63. The highest BCUT2D eigenvalue weighted by atomic mass is 16.5. The SMILES string of the molecule is CCOC(=O)CCN(Cc1ccncc1)C(C)=O. The van der Waals surface area contributed by atoms with Crippen LogP contribution in [0.5, 0.6) is 0 Å². The van der Waals surface area contributed by atoms with E-state index < -0.39 is 0 Å². The summed E-state index contributed by atoms with van der Waals surface area (Å²) < 4.78 is 4.84. The first kappa shape index (κ1) is 14.2. The molecule has 1 aromatic heterocycles. The minimum Gasteiger partial charge on any atom is -0.466 e. The zero-order valence-corrected chi connectivity index (χ0v) is 10.8. The third-order valence-corrected chi connectivity index (χ3v) is 2.46. The summed E-state index contributed by atoms with van der Waals surface area (Å²) in [4.78, 5) is 28.3. The van der Waals surface area contributed by atoms with Crippen LogP contribution in [0.15, 0.2) is 24.5 Å². The minimum atomic E-state index is -0.279. The van der Waals surface area contributed by atoms with Crippen molar-refractivity contribution in [3.05, 3.63) is 30.1 Å². The van der Waals surface area contributed by atoms with Gasteiger partial charge in [-0.2, -0.15) is 0 Å². The van der Waals surface area contributed by atoms with Crippen molar-refractivity contribution in [2.45, 2.75) is 26.8 Å². The Morgan fingerprint density at radius 1 is 1.33 bits per heavy atom. The summed E-state index contributed by atoms with van der Waals surface area (Å²) >= 11 is 0. The van der Waals surface area contributed by atoms with Gasteiger partial charge in [-0.05, 0) is 24.6 Å². The number of amides is 1. The second kappa shape index (κ2) is 7.42. The average molecular weight is 250 g/mol. The molecular weight excluding hydrogens is 232 g/mol. The lowest BCUT2D eigenvalue weighted by Gasteiger charge is -2.20. The van der Waals surface area contributed by atoms with Crippen LogP contribution in [0.25, 0.3) is 0 Å². The van der Waals surface area contributed by atoms with E-state index >= 15 is 0 Å². The second-order valence-electron chi connectivity index (χ2n) is 3.85. The molecule has 0 fully saturated rings. The smallest absolute Gasteiger partial charge is 0.307 e. The zero-order chi connectivity index (χ0) is 13.4. The molecule has 0 spiro atoms. The Hall–Kier alpha value is -1.91. The average Bonchev–Trinajstić information content (AvgIpc) is 2.35. The Morgan fingerprint density at radius 3 is 2.56 bits per heavy atom. The molecule has 0 atom stereocenters. The van der Waals surface area contributed by atoms with Crippen LogP contribution >= 0.6 is 0 Å². The van der Waals surface area contributed by atoms with Crippen LogP contribution in [0.4, 0.5) is 0 Å². The Kier molecular flexibility index (Phi) is 5.84. The maximum atomic E-state index is 11.5. The van der Waals surface area contributed by atoms with Gasteiger partial charge in [0, 0.05) is 32.4 Å². The lowest BCUT2D eigenvalue weighted by molar-refractivity contribution is -0.144. The van der Waals surface area contributed by atoms with Crippen molar-refractivity contribution in [2.24, 2.45) is 0 Å². The Morgan fingerprint density at radius 2 is 2.00 bits per heavy atom. The van der Waals surface area contributed by atoms with Crippen molar-refractivity contribution < 1.29 is 14.3 Å². The van der Waals surface area contributed by atoms with Gasteiger partial charge >= 0.3 is 5.97 Å². The van der Waals surface area contributed by atoms with Crippen LogP contribution in [0, 0.1) is 0 Å². The summed E-state index contributed by atoms with van der Waals surface area (Å²) in [6.07, 6.45) is 3.58. The maximum Gasteiger partial charge on any atom is 0.307 e. The Bertz CT molecular complexity index is 392. The number of carbonyl (C=O) groups excluding carboxylic acids is 2. The molecule has 0 bridgehead atoms. The summed E-state index contributed by atoms with van der Waals surface area (Å²) in [5.74, 6) is -0.338. The topological polar surface area (TPSA) is 59.5 Å². The third-order valence-electron chi connectivity index (χ3n) is 2.46. The highest BCUT2D eigenvalue weighted by molar-refractivity contribution is 5.75. The van der Waals surface area contributed by atoms with Crippen LogP contribution in [-0.4, -0.2) is 34.9 Å². The van der Waals surface area contributed by atoms with E-state index in [1.807, 2.05) is 12.1 Å². The summed E-state index contributed by atoms with van der Waals surface area (Å²) in [7, 11) is 0.